The molecule has 4 heteroatoms. The molecule has 0 amide bonds. The van der Waals surface area contributed by atoms with Crippen LogP contribution in [0.2, 0.25) is 0 Å². The van der Waals surface area contributed by atoms with Crippen molar-refractivity contribution in [2.24, 2.45) is 0 Å². The van der Waals surface area contributed by atoms with Gasteiger partial charge in [-0.2, -0.15) is 0 Å². The summed E-state index contributed by atoms with van der Waals surface area (Å²) < 4.78 is 5.17. The largest absolute Gasteiger partial charge is 0.491 e. The molecule has 0 unspecified atom stereocenters. The monoisotopic (exact) mass is 269 g/mol. The molecule has 1 aliphatic heterocycles. The lowest BCUT2D eigenvalue weighted by Gasteiger charge is -2.08. The van der Waals surface area contributed by atoms with Crippen LogP contribution in [0.5, 0.6) is 0 Å². The highest BCUT2D eigenvalue weighted by Crippen LogP contribution is 2.15. The highest BCUT2D eigenvalue weighted by molar-refractivity contribution is 6.61. The molecular formula is C16H20BNO2. The van der Waals surface area contributed by atoms with Gasteiger partial charge in [0.25, 0.3) is 0 Å². The minimum atomic E-state index is -0.779. The minimum absolute atomic E-state index is 0.496. The van der Waals surface area contributed by atoms with E-state index in [1.807, 2.05) is 50.2 Å². The van der Waals surface area contributed by atoms with Crippen LogP contribution in [-0.2, 0) is 17.8 Å². The number of benzene rings is 2. The molecule has 0 atom stereocenters. The third-order valence-electron chi connectivity index (χ3n) is 3.15. The Hall–Kier alpha value is -1.78. The summed E-state index contributed by atoms with van der Waals surface area (Å²) in [6, 6.07) is 16.2. The molecule has 1 heterocycles. The van der Waals surface area contributed by atoms with Gasteiger partial charge in [-0.3, -0.25) is 0 Å². The van der Waals surface area contributed by atoms with Gasteiger partial charge in [0, 0.05) is 12.2 Å². The van der Waals surface area contributed by atoms with Gasteiger partial charge in [0.05, 0.1) is 6.61 Å². The molecule has 3 nitrogen and oxygen atoms in total. The molecule has 0 fully saturated rings. The summed E-state index contributed by atoms with van der Waals surface area (Å²) in [5, 5.41) is 13.0. The van der Waals surface area contributed by atoms with Gasteiger partial charge in [-0.1, -0.05) is 50.2 Å². The maximum absolute atomic E-state index is 9.64. The fourth-order valence-electron chi connectivity index (χ4n) is 2.12. The number of hydrogen-bond donors (Lipinski definition) is 2. The van der Waals surface area contributed by atoms with Gasteiger partial charge in [-0.25, -0.2) is 0 Å². The molecule has 2 aromatic rings. The minimum Gasteiger partial charge on any atom is -0.423 e. The zero-order chi connectivity index (χ0) is 14.4. The quantitative estimate of drug-likeness (QED) is 0.841. The Morgan fingerprint density at radius 1 is 1.15 bits per heavy atom. The number of hydrogen-bond acceptors (Lipinski definition) is 3. The summed E-state index contributed by atoms with van der Waals surface area (Å²) in [4.78, 5) is 0. The highest BCUT2D eigenvalue weighted by Gasteiger charge is 2.27. The van der Waals surface area contributed by atoms with Crippen LogP contribution in [-0.4, -0.2) is 12.1 Å². The van der Waals surface area contributed by atoms with E-state index in [2.05, 4.69) is 17.4 Å². The second kappa shape index (κ2) is 7.13. The zero-order valence-electron chi connectivity index (χ0n) is 12.0. The van der Waals surface area contributed by atoms with Gasteiger partial charge < -0.3 is 15.0 Å². The fraction of sp³-hybridized carbons (Fsp3) is 0.250. The molecule has 0 saturated carbocycles. The summed E-state index contributed by atoms with van der Waals surface area (Å²) in [6.45, 7) is 5.27. The van der Waals surface area contributed by atoms with Crippen molar-refractivity contribution in [1.82, 2.24) is 0 Å². The lowest BCUT2D eigenvalue weighted by molar-refractivity contribution is 0.275. The average Bonchev–Trinajstić information content (AvgIpc) is 2.89. The van der Waals surface area contributed by atoms with E-state index in [1.54, 1.807) is 0 Å². The standard InChI is InChI=1S/C14H14BNO2.C2H6/c17-15-14-8-13(7-6-12(14)10-18-15)16-9-11-4-2-1-3-5-11;1-2/h1-8,16-17H,9-10H2;1-2H3. The van der Waals surface area contributed by atoms with Crippen molar-refractivity contribution in [3.05, 3.63) is 59.7 Å². The van der Waals surface area contributed by atoms with Crippen LogP contribution in [0.1, 0.15) is 25.0 Å². The Labute approximate surface area is 120 Å². The molecule has 104 valence electrons. The number of fused-ring (bicyclic) bond motifs is 1. The van der Waals surface area contributed by atoms with Crippen LogP contribution in [0.15, 0.2) is 48.5 Å². The van der Waals surface area contributed by atoms with Crippen LogP contribution in [0.4, 0.5) is 5.69 Å². The first-order valence-corrected chi connectivity index (χ1v) is 7.03. The Kier molecular flexibility index (Phi) is 5.21. The Morgan fingerprint density at radius 3 is 2.65 bits per heavy atom. The van der Waals surface area contributed by atoms with Gasteiger partial charge in [-0.05, 0) is 28.7 Å². The summed E-state index contributed by atoms with van der Waals surface area (Å²) in [5.41, 5.74) is 4.16. The number of nitrogens with one attached hydrogen (secondary N) is 1. The molecule has 0 bridgehead atoms. The lowest BCUT2D eigenvalue weighted by Crippen LogP contribution is -2.28. The summed E-state index contributed by atoms with van der Waals surface area (Å²) in [7, 11) is -0.779. The van der Waals surface area contributed by atoms with Gasteiger partial charge in [-0.15, -0.1) is 0 Å². The van der Waals surface area contributed by atoms with Gasteiger partial charge in [0.2, 0.25) is 0 Å². The maximum atomic E-state index is 9.64. The predicted molar refractivity (Wildman–Crippen MR) is 84.0 cm³/mol. The molecule has 2 N–H and O–H groups in total. The SMILES string of the molecule is CC.OB1OCc2ccc(NCc3ccccc3)cc21. The first kappa shape index (κ1) is 14.6. The van der Waals surface area contributed by atoms with E-state index < -0.39 is 7.12 Å². The van der Waals surface area contributed by atoms with Crippen LogP contribution in [0.3, 0.4) is 0 Å². The molecule has 0 saturated heterocycles. The highest BCUT2D eigenvalue weighted by atomic mass is 16.5. The Bertz CT molecular complexity index is 545. The van der Waals surface area contributed by atoms with Crippen LogP contribution in [0, 0.1) is 0 Å². The predicted octanol–water partition coefficient (Wildman–Crippen LogP) is 2.54. The Balaban J connectivity index is 0.000000704. The maximum Gasteiger partial charge on any atom is 0.491 e. The summed E-state index contributed by atoms with van der Waals surface area (Å²) in [6.07, 6.45) is 0. The second-order valence-electron chi connectivity index (χ2n) is 4.42. The van der Waals surface area contributed by atoms with Crippen LogP contribution in [0.25, 0.3) is 0 Å². The topological polar surface area (TPSA) is 41.5 Å². The third kappa shape index (κ3) is 3.41. The number of rotatable bonds is 3. The fourth-order valence-corrected chi connectivity index (χ4v) is 2.12. The van der Waals surface area contributed by atoms with E-state index in [4.69, 9.17) is 4.65 Å². The molecule has 0 aromatic heterocycles. The second-order valence-corrected chi connectivity index (χ2v) is 4.42. The van der Waals surface area contributed by atoms with Crippen LogP contribution >= 0.6 is 0 Å². The average molecular weight is 269 g/mol. The normalized spacial score (nSPS) is 12.4. The van der Waals surface area contributed by atoms with Crippen molar-refractivity contribution in [2.45, 2.75) is 27.0 Å². The van der Waals surface area contributed by atoms with Crippen molar-refractivity contribution < 1.29 is 9.68 Å². The molecule has 20 heavy (non-hydrogen) atoms. The summed E-state index contributed by atoms with van der Waals surface area (Å²) in [5.74, 6) is 0. The number of anilines is 1. The van der Waals surface area contributed by atoms with Crippen LogP contribution < -0.4 is 10.8 Å². The van der Waals surface area contributed by atoms with E-state index >= 15 is 0 Å². The van der Waals surface area contributed by atoms with E-state index in [-0.39, 0.29) is 0 Å². The summed E-state index contributed by atoms with van der Waals surface area (Å²) >= 11 is 0. The van der Waals surface area contributed by atoms with Gasteiger partial charge in [0.15, 0.2) is 0 Å². The lowest BCUT2D eigenvalue weighted by atomic mass is 9.79. The first-order chi connectivity index (χ1) is 9.83. The van der Waals surface area contributed by atoms with E-state index in [0.717, 1.165) is 23.3 Å². The van der Waals surface area contributed by atoms with E-state index in [9.17, 15) is 5.02 Å². The molecular weight excluding hydrogens is 249 g/mol. The molecule has 0 spiro atoms. The van der Waals surface area contributed by atoms with Gasteiger partial charge >= 0.3 is 7.12 Å². The molecule has 1 aliphatic rings. The molecule has 0 aliphatic carbocycles. The first-order valence-electron chi connectivity index (χ1n) is 7.03. The van der Waals surface area contributed by atoms with E-state index in [0.29, 0.717) is 6.61 Å². The molecule has 3 rings (SSSR count). The third-order valence-corrected chi connectivity index (χ3v) is 3.15. The van der Waals surface area contributed by atoms with Crippen molar-refractivity contribution in [3.63, 3.8) is 0 Å². The smallest absolute Gasteiger partial charge is 0.423 e. The molecule has 2 aromatic carbocycles. The van der Waals surface area contributed by atoms with Crippen molar-refractivity contribution >= 4 is 18.3 Å². The van der Waals surface area contributed by atoms with Crippen molar-refractivity contribution in [3.8, 4) is 0 Å². The van der Waals surface area contributed by atoms with Crippen molar-refractivity contribution in [1.29, 1.82) is 0 Å². The zero-order valence-corrected chi connectivity index (χ0v) is 12.0. The Morgan fingerprint density at radius 2 is 1.90 bits per heavy atom. The van der Waals surface area contributed by atoms with E-state index in [1.165, 1.54) is 5.56 Å². The van der Waals surface area contributed by atoms with Crippen molar-refractivity contribution in [2.75, 3.05) is 5.32 Å². The molecule has 0 radical (unpaired) electrons. The van der Waals surface area contributed by atoms with Gasteiger partial charge in [0.1, 0.15) is 0 Å².